The Bertz CT molecular complexity index is 517. The van der Waals surface area contributed by atoms with Crippen LogP contribution in [0.5, 0.6) is 0 Å². The van der Waals surface area contributed by atoms with Crippen molar-refractivity contribution in [3.05, 3.63) is 21.9 Å². The molecule has 0 aromatic carbocycles. The fourth-order valence-electron chi connectivity index (χ4n) is 1.63. The summed E-state index contributed by atoms with van der Waals surface area (Å²) in [5, 5.41) is 0.135. The highest BCUT2D eigenvalue weighted by molar-refractivity contribution is 9.10. The van der Waals surface area contributed by atoms with E-state index in [2.05, 4.69) is 25.6 Å². The molecule has 0 aliphatic carbocycles. The van der Waals surface area contributed by atoms with Gasteiger partial charge in [-0.05, 0) is 34.8 Å². The number of rotatable bonds is 3. The third-order valence-corrected chi connectivity index (χ3v) is 4.71. The first-order chi connectivity index (χ1) is 7.99. The predicted molar refractivity (Wildman–Crippen MR) is 70.3 cm³/mol. The quantitative estimate of drug-likeness (QED) is 0.859. The molecule has 0 saturated carbocycles. The Hall–Kier alpha value is -0.370. The van der Waals surface area contributed by atoms with Crippen LogP contribution in [-0.4, -0.2) is 30.8 Å². The molecule has 0 atom stereocenters. The van der Waals surface area contributed by atoms with Gasteiger partial charge in [-0.3, -0.25) is 4.72 Å². The summed E-state index contributed by atoms with van der Waals surface area (Å²) >= 11 is 9.05. The topological polar surface area (TPSA) is 62.3 Å². The van der Waals surface area contributed by atoms with Gasteiger partial charge < -0.3 is 0 Å². The van der Waals surface area contributed by atoms with E-state index in [0.29, 0.717) is 17.6 Å². The van der Waals surface area contributed by atoms with Crippen molar-refractivity contribution in [3.8, 4) is 0 Å². The normalized spacial score (nSPS) is 17.3. The molecule has 1 aromatic heterocycles. The zero-order chi connectivity index (χ0) is 12.5. The van der Waals surface area contributed by atoms with Crippen LogP contribution in [0.15, 0.2) is 16.7 Å². The van der Waals surface area contributed by atoms with E-state index in [0.717, 1.165) is 12.8 Å². The second-order valence-electron chi connectivity index (χ2n) is 3.71. The van der Waals surface area contributed by atoms with Gasteiger partial charge in [0.15, 0.2) is 5.15 Å². The van der Waals surface area contributed by atoms with E-state index in [1.165, 1.54) is 10.5 Å². The molecule has 2 rings (SSSR count). The number of anilines is 1. The molecule has 0 spiro atoms. The van der Waals surface area contributed by atoms with Crippen molar-refractivity contribution in [1.82, 2.24) is 9.29 Å². The van der Waals surface area contributed by atoms with Gasteiger partial charge in [-0.2, -0.15) is 12.7 Å². The molecule has 0 radical (unpaired) electrons. The minimum Gasteiger partial charge on any atom is -0.268 e. The third-order valence-electron chi connectivity index (χ3n) is 2.45. The lowest BCUT2D eigenvalue weighted by Gasteiger charge is -2.17. The fraction of sp³-hybridized carbons (Fsp3) is 0.444. The summed E-state index contributed by atoms with van der Waals surface area (Å²) in [7, 11) is -3.51. The monoisotopic (exact) mass is 339 g/mol. The molecule has 8 heteroatoms. The summed E-state index contributed by atoms with van der Waals surface area (Å²) in [4.78, 5) is 3.86. The number of nitrogens with zero attached hydrogens (tertiary/aromatic N) is 2. The lowest BCUT2D eigenvalue weighted by Crippen LogP contribution is -2.33. The Morgan fingerprint density at radius 1 is 1.41 bits per heavy atom. The van der Waals surface area contributed by atoms with Crippen LogP contribution in [0.4, 0.5) is 5.69 Å². The minimum absolute atomic E-state index is 0.135. The number of aromatic nitrogens is 1. The highest BCUT2D eigenvalue weighted by Crippen LogP contribution is 2.25. The zero-order valence-corrected chi connectivity index (χ0v) is 12.0. The first-order valence-electron chi connectivity index (χ1n) is 5.08. The number of halogens is 2. The Kier molecular flexibility index (Phi) is 3.92. The standard InChI is InChI=1S/C9H11BrClN3O2S/c10-7-5-8(9(11)12-6-7)13-17(15,16)14-3-1-2-4-14/h5-6,13H,1-4H2. The van der Waals surface area contributed by atoms with Crippen molar-refractivity contribution in [2.75, 3.05) is 17.8 Å². The highest BCUT2D eigenvalue weighted by Gasteiger charge is 2.25. The van der Waals surface area contributed by atoms with E-state index >= 15 is 0 Å². The van der Waals surface area contributed by atoms with Crippen molar-refractivity contribution in [1.29, 1.82) is 0 Å². The number of pyridine rings is 1. The molecule has 5 nitrogen and oxygen atoms in total. The Morgan fingerprint density at radius 2 is 2.06 bits per heavy atom. The van der Waals surface area contributed by atoms with Gasteiger partial charge in [0, 0.05) is 23.8 Å². The molecule has 1 aliphatic rings. The maximum absolute atomic E-state index is 12.0. The first-order valence-corrected chi connectivity index (χ1v) is 7.69. The molecule has 1 aliphatic heterocycles. The molecular weight excluding hydrogens is 330 g/mol. The Morgan fingerprint density at radius 3 is 2.71 bits per heavy atom. The number of hydrogen-bond acceptors (Lipinski definition) is 3. The molecule has 0 unspecified atom stereocenters. The second kappa shape index (κ2) is 5.09. The lowest BCUT2D eigenvalue weighted by molar-refractivity contribution is 0.482. The number of hydrogen-bond donors (Lipinski definition) is 1. The fourth-order valence-corrected chi connectivity index (χ4v) is 3.47. The van der Waals surface area contributed by atoms with Gasteiger partial charge in [0.05, 0.1) is 5.69 Å². The van der Waals surface area contributed by atoms with E-state index in [1.807, 2.05) is 0 Å². The van der Waals surface area contributed by atoms with E-state index in [9.17, 15) is 8.42 Å². The van der Waals surface area contributed by atoms with E-state index in [4.69, 9.17) is 11.6 Å². The summed E-state index contributed by atoms with van der Waals surface area (Å²) in [5.41, 5.74) is 0.285. The summed E-state index contributed by atoms with van der Waals surface area (Å²) < 4.78 is 28.5. The van der Waals surface area contributed by atoms with Gasteiger partial charge in [0.25, 0.3) is 0 Å². The average Bonchev–Trinajstić information content (AvgIpc) is 2.77. The van der Waals surface area contributed by atoms with Crippen LogP contribution < -0.4 is 4.72 Å². The third kappa shape index (κ3) is 3.09. The molecule has 94 valence electrons. The molecule has 1 N–H and O–H groups in total. The van der Waals surface area contributed by atoms with Crippen LogP contribution in [0.2, 0.25) is 5.15 Å². The molecule has 1 fully saturated rings. The maximum Gasteiger partial charge on any atom is 0.301 e. The van der Waals surface area contributed by atoms with Crippen LogP contribution in [-0.2, 0) is 10.2 Å². The Labute approximate surface area is 113 Å². The number of nitrogens with one attached hydrogen (secondary N) is 1. The van der Waals surface area contributed by atoms with Gasteiger partial charge in [0.2, 0.25) is 0 Å². The first kappa shape index (κ1) is 13.1. The SMILES string of the molecule is O=S(=O)(Nc1cc(Br)cnc1Cl)N1CCCC1. The van der Waals surface area contributed by atoms with Crippen molar-refractivity contribution in [2.45, 2.75) is 12.8 Å². The molecule has 1 aromatic rings. The van der Waals surface area contributed by atoms with E-state index in [-0.39, 0.29) is 10.8 Å². The van der Waals surface area contributed by atoms with Gasteiger partial charge in [-0.1, -0.05) is 11.6 Å². The molecule has 2 heterocycles. The van der Waals surface area contributed by atoms with Gasteiger partial charge in [-0.25, -0.2) is 4.98 Å². The van der Waals surface area contributed by atoms with Crippen LogP contribution >= 0.6 is 27.5 Å². The zero-order valence-electron chi connectivity index (χ0n) is 8.86. The van der Waals surface area contributed by atoms with Crippen LogP contribution in [0, 0.1) is 0 Å². The van der Waals surface area contributed by atoms with Crippen molar-refractivity contribution < 1.29 is 8.42 Å². The summed E-state index contributed by atoms with van der Waals surface area (Å²) in [5.74, 6) is 0. The highest BCUT2D eigenvalue weighted by atomic mass is 79.9. The van der Waals surface area contributed by atoms with Crippen molar-refractivity contribution in [3.63, 3.8) is 0 Å². The average molecular weight is 341 g/mol. The molecular formula is C9H11BrClN3O2S. The van der Waals surface area contributed by atoms with Crippen molar-refractivity contribution >= 4 is 43.4 Å². The van der Waals surface area contributed by atoms with E-state index in [1.54, 1.807) is 6.07 Å². The predicted octanol–water partition coefficient (Wildman–Crippen LogP) is 2.25. The molecule has 17 heavy (non-hydrogen) atoms. The molecule has 1 saturated heterocycles. The van der Waals surface area contributed by atoms with Gasteiger partial charge in [0.1, 0.15) is 0 Å². The largest absolute Gasteiger partial charge is 0.301 e. The van der Waals surface area contributed by atoms with Crippen LogP contribution in [0.1, 0.15) is 12.8 Å². The van der Waals surface area contributed by atoms with Crippen LogP contribution in [0.25, 0.3) is 0 Å². The molecule has 0 bridgehead atoms. The van der Waals surface area contributed by atoms with Gasteiger partial charge in [-0.15, -0.1) is 0 Å². The Balaban J connectivity index is 2.22. The second-order valence-corrected chi connectivity index (χ2v) is 6.65. The summed E-state index contributed by atoms with van der Waals surface area (Å²) in [6.07, 6.45) is 3.30. The van der Waals surface area contributed by atoms with E-state index < -0.39 is 10.2 Å². The van der Waals surface area contributed by atoms with Crippen LogP contribution in [0.3, 0.4) is 0 Å². The maximum atomic E-state index is 12.0. The lowest BCUT2D eigenvalue weighted by atomic mass is 10.4. The van der Waals surface area contributed by atoms with Crippen molar-refractivity contribution in [2.24, 2.45) is 0 Å². The summed E-state index contributed by atoms with van der Waals surface area (Å²) in [6, 6.07) is 1.59. The van der Waals surface area contributed by atoms with Gasteiger partial charge >= 0.3 is 10.2 Å². The summed E-state index contributed by atoms with van der Waals surface area (Å²) in [6.45, 7) is 1.10. The smallest absolute Gasteiger partial charge is 0.268 e. The minimum atomic E-state index is -3.51. The molecule has 0 amide bonds.